The predicted octanol–water partition coefficient (Wildman–Crippen LogP) is 4.57. The Bertz CT molecular complexity index is 594. The molecule has 2 aromatic carbocycles. The van der Waals surface area contributed by atoms with Gasteiger partial charge in [0.25, 0.3) is 0 Å². The van der Waals surface area contributed by atoms with Gasteiger partial charge in [0.15, 0.2) is 8.32 Å². The summed E-state index contributed by atoms with van der Waals surface area (Å²) in [6.07, 6.45) is 0. The van der Waals surface area contributed by atoms with Crippen LogP contribution in [-0.4, -0.2) is 20.5 Å². The summed E-state index contributed by atoms with van der Waals surface area (Å²) in [6, 6.07) is 20.9. The largest absolute Gasteiger partial charge is 0.406 e. The van der Waals surface area contributed by atoms with E-state index in [1.807, 2.05) is 12.1 Å². The van der Waals surface area contributed by atoms with Crippen molar-refractivity contribution >= 4 is 8.32 Å². The molecule has 0 spiro atoms. The SMILES string of the molecule is CC1(O[Si](C)(C)C)COC1(c1ccccc1)c1ccccc1. The van der Waals surface area contributed by atoms with E-state index >= 15 is 0 Å². The molecular weight excluding hydrogens is 288 g/mol. The first kappa shape index (κ1) is 15.5. The quantitative estimate of drug-likeness (QED) is 0.770. The van der Waals surface area contributed by atoms with Crippen molar-refractivity contribution in [1.29, 1.82) is 0 Å². The molecule has 0 aliphatic carbocycles. The van der Waals surface area contributed by atoms with Gasteiger partial charge >= 0.3 is 0 Å². The van der Waals surface area contributed by atoms with Crippen molar-refractivity contribution < 1.29 is 9.16 Å². The van der Waals surface area contributed by atoms with Gasteiger partial charge in [0.05, 0.1) is 6.61 Å². The third-order valence-corrected chi connectivity index (χ3v) is 5.26. The van der Waals surface area contributed by atoms with Gasteiger partial charge in [-0.1, -0.05) is 60.7 Å². The van der Waals surface area contributed by atoms with E-state index < -0.39 is 13.9 Å². The molecule has 3 rings (SSSR count). The Balaban J connectivity index is 2.14. The van der Waals surface area contributed by atoms with Crippen LogP contribution in [0.15, 0.2) is 60.7 Å². The fraction of sp³-hybridized carbons (Fsp3) is 0.368. The number of benzene rings is 2. The maximum atomic E-state index is 6.60. The normalized spacial score (nSPS) is 23.8. The second-order valence-electron chi connectivity index (χ2n) is 7.15. The highest BCUT2D eigenvalue weighted by Crippen LogP contribution is 2.53. The van der Waals surface area contributed by atoms with Crippen LogP contribution < -0.4 is 0 Å². The summed E-state index contributed by atoms with van der Waals surface area (Å²) >= 11 is 0. The highest BCUT2D eigenvalue weighted by molar-refractivity contribution is 6.69. The van der Waals surface area contributed by atoms with E-state index in [1.165, 1.54) is 0 Å². The first-order chi connectivity index (χ1) is 10.4. The highest BCUT2D eigenvalue weighted by atomic mass is 28.4. The van der Waals surface area contributed by atoms with E-state index in [0.29, 0.717) is 6.61 Å². The van der Waals surface area contributed by atoms with E-state index in [-0.39, 0.29) is 5.60 Å². The molecule has 1 atom stereocenters. The van der Waals surface area contributed by atoms with E-state index in [2.05, 4.69) is 75.1 Å². The summed E-state index contributed by atoms with van der Waals surface area (Å²) in [5, 5.41) is 0. The van der Waals surface area contributed by atoms with Crippen molar-refractivity contribution in [2.24, 2.45) is 0 Å². The van der Waals surface area contributed by atoms with Crippen LogP contribution in [-0.2, 0) is 14.8 Å². The van der Waals surface area contributed by atoms with Crippen LogP contribution in [0.2, 0.25) is 19.6 Å². The molecule has 22 heavy (non-hydrogen) atoms. The van der Waals surface area contributed by atoms with Crippen molar-refractivity contribution in [2.45, 2.75) is 37.8 Å². The Morgan fingerprint density at radius 1 is 0.864 bits per heavy atom. The first-order valence-corrected chi connectivity index (χ1v) is 11.2. The summed E-state index contributed by atoms with van der Waals surface area (Å²) < 4.78 is 12.8. The summed E-state index contributed by atoms with van der Waals surface area (Å²) in [4.78, 5) is 0. The molecule has 0 saturated carbocycles. The molecule has 0 radical (unpaired) electrons. The zero-order chi connectivity index (χ0) is 15.8. The maximum absolute atomic E-state index is 6.60. The predicted molar refractivity (Wildman–Crippen MR) is 92.5 cm³/mol. The van der Waals surface area contributed by atoms with Crippen LogP contribution in [0.4, 0.5) is 0 Å². The molecule has 2 aromatic rings. The van der Waals surface area contributed by atoms with Crippen molar-refractivity contribution in [3.05, 3.63) is 71.8 Å². The summed E-state index contributed by atoms with van der Waals surface area (Å²) in [5.74, 6) is 0. The Hall–Kier alpha value is -1.42. The average molecular weight is 312 g/mol. The van der Waals surface area contributed by atoms with E-state index in [1.54, 1.807) is 0 Å². The van der Waals surface area contributed by atoms with E-state index in [4.69, 9.17) is 9.16 Å². The van der Waals surface area contributed by atoms with Crippen LogP contribution >= 0.6 is 0 Å². The topological polar surface area (TPSA) is 18.5 Å². The second kappa shape index (κ2) is 5.34. The van der Waals surface area contributed by atoms with Gasteiger partial charge < -0.3 is 9.16 Å². The van der Waals surface area contributed by atoms with Crippen LogP contribution in [0.25, 0.3) is 0 Å². The smallest absolute Gasteiger partial charge is 0.184 e. The lowest BCUT2D eigenvalue weighted by Crippen LogP contribution is -2.68. The molecule has 1 aliphatic heterocycles. The monoisotopic (exact) mass is 312 g/mol. The minimum atomic E-state index is -1.70. The molecule has 0 aromatic heterocycles. The fourth-order valence-corrected chi connectivity index (χ4v) is 5.04. The lowest BCUT2D eigenvalue weighted by atomic mass is 9.70. The van der Waals surface area contributed by atoms with Crippen molar-refractivity contribution in [1.82, 2.24) is 0 Å². The van der Waals surface area contributed by atoms with Crippen molar-refractivity contribution in [2.75, 3.05) is 6.61 Å². The van der Waals surface area contributed by atoms with Gasteiger partial charge in [-0.2, -0.15) is 0 Å². The lowest BCUT2D eigenvalue weighted by Gasteiger charge is -2.59. The molecule has 2 nitrogen and oxygen atoms in total. The molecule has 0 N–H and O–H groups in total. The lowest BCUT2D eigenvalue weighted by molar-refractivity contribution is -0.274. The Kier molecular flexibility index (Phi) is 3.75. The Morgan fingerprint density at radius 2 is 1.32 bits per heavy atom. The maximum Gasteiger partial charge on any atom is 0.184 e. The molecule has 1 fully saturated rings. The van der Waals surface area contributed by atoms with Gasteiger partial charge in [0.1, 0.15) is 11.2 Å². The van der Waals surface area contributed by atoms with Crippen LogP contribution in [0.3, 0.4) is 0 Å². The Labute approximate surface area is 134 Å². The highest BCUT2D eigenvalue weighted by Gasteiger charge is 2.62. The minimum absolute atomic E-state index is 0.333. The van der Waals surface area contributed by atoms with E-state index in [9.17, 15) is 0 Å². The van der Waals surface area contributed by atoms with Gasteiger partial charge in [-0.3, -0.25) is 0 Å². The third kappa shape index (κ3) is 2.43. The Morgan fingerprint density at radius 3 is 1.64 bits per heavy atom. The van der Waals surface area contributed by atoms with E-state index in [0.717, 1.165) is 11.1 Å². The summed E-state index contributed by atoms with van der Waals surface area (Å²) in [7, 11) is -1.70. The molecule has 0 amide bonds. The fourth-order valence-electron chi connectivity index (χ4n) is 3.49. The van der Waals surface area contributed by atoms with Gasteiger partial charge in [-0.15, -0.1) is 0 Å². The zero-order valence-corrected chi connectivity index (χ0v) is 14.8. The number of ether oxygens (including phenoxy) is 1. The molecule has 1 saturated heterocycles. The van der Waals surface area contributed by atoms with Gasteiger partial charge in [0, 0.05) is 0 Å². The van der Waals surface area contributed by atoms with Crippen LogP contribution in [0, 0.1) is 0 Å². The molecule has 1 unspecified atom stereocenters. The van der Waals surface area contributed by atoms with Gasteiger partial charge in [-0.05, 0) is 37.7 Å². The van der Waals surface area contributed by atoms with Crippen LogP contribution in [0.5, 0.6) is 0 Å². The van der Waals surface area contributed by atoms with Crippen molar-refractivity contribution in [3.8, 4) is 0 Å². The zero-order valence-electron chi connectivity index (χ0n) is 13.8. The molecule has 3 heteroatoms. The second-order valence-corrected chi connectivity index (χ2v) is 11.6. The minimum Gasteiger partial charge on any atom is -0.406 e. The number of hydrogen-bond acceptors (Lipinski definition) is 2. The standard InChI is InChI=1S/C19H24O2Si/c1-18(21-22(2,3)4)15-20-19(18,16-11-7-5-8-12-16)17-13-9-6-10-14-17/h5-14H,15H2,1-4H3. The van der Waals surface area contributed by atoms with Gasteiger partial charge in [-0.25, -0.2) is 0 Å². The molecule has 0 bridgehead atoms. The summed E-state index contributed by atoms with van der Waals surface area (Å²) in [5.41, 5.74) is 1.47. The molecule has 1 aliphatic rings. The van der Waals surface area contributed by atoms with Crippen molar-refractivity contribution in [3.63, 3.8) is 0 Å². The average Bonchev–Trinajstić information content (AvgIpc) is 2.47. The molecular formula is C19H24O2Si. The van der Waals surface area contributed by atoms with Gasteiger partial charge in [0.2, 0.25) is 0 Å². The summed E-state index contributed by atoms with van der Waals surface area (Å²) in [6.45, 7) is 9.52. The van der Waals surface area contributed by atoms with Crippen LogP contribution in [0.1, 0.15) is 18.1 Å². The number of rotatable bonds is 4. The molecule has 1 heterocycles. The first-order valence-electron chi connectivity index (χ1n) is 7.83. The third-order valence-electron chi connectivity index (χ3n) is 4.20. The number of hydrogen-bond donors (Lipinski definition) is 0. The molecule has 116 valence electrons.